The predicted octanol–water partition coefficient (Wildman–Crippen LogP) is 2.98. The zero-order valence-corrected chi connectivity index (χ0v) is 11.5. The van der Waals surface area contributed by atoms with Gasteiger partial charge in [0.1, 0.15) is 11.0 Å². The molecule has 0 fully saturated rings. The summed E-state index contributed by atoms with van der Waals surface area (Å²) in [6.07, 6.45) is 1.00. The van der Waals surface area contributed by atoms with Gasteiger partial charge in [-0.2, -0.15) is 4.80 Å². The zero-order valence-electron chi connectivity index (χ0n) is 11.5. The van der Waals surface area contributed by atoms with Crippen LogP contribution >= 0.6 is 0 Å². The molecule has 0 spiro atoms. The van der Waals surface area contributed by atoms with Crippen LogP contribution in [-0.4, -0.2) is 26.4 Å². The Morgan fingerprint density at radius 2 is 1.57 bits per heavy atom. The second kappa shape index (κ2) is 3.95. The maximum atomic E-state index is 4.65. The lowest BCUT2D eigenvalue weighted by molar-refractivity contribution is 0.439. The van der Waals surface area contributed by atoms with Gasteiger partial charge in [0.05, 0.1) is 11.4 Å². The molecule has 2 aromatic carbocycles. The van der Waals surface area contributed by atoms with E-state index in [0.29, 0.717) is 0 Å². The van der Waals surface area contributed by atoms with Crippen molar-refractivity contribution in [3.05, 3.63) is 59.7 Å². The Morgan fingerprint density at radius 1 is 0.857 bits per heavy atom. The molecule has 0 saturated carbocycles. The second-order valence-electron chi connectivity index (χ2n) is 5.60. The zero-order chi connectivity index (χ0) is 13.8. The molecule has 0 unspecified atom stereocenters. The highest BCUT2D eigenvalue weighted by Crippen LogP contribution is 2.41. The minimum Gasteiger partial charge on any atom is -0.365 e. The van der Waals surface area contributed by atoms with Crippen LogP contribution in [0.5, 0.6) is 0 Å². The van der Waals surface area contributed by atoms with Crippen molar-refractivity contribution in [3.8, 4) is 0 Å². The predicted molar refractivity (Wildman–Crippen MR) is 82.1 cm³/mol. The first-order valence-electron chi connectivity index (χ1n) is 7.29. The third-order valence-corrected chi connectivity index (χ3v) is 4.37. The maximum absolute atomic E-state index is 4.65. The summed E-state index contributed by atoms with van der Waals surface area (Å²) in [6, 6.07) is 16.7. The van der Waals surface area contributed by atoms with Crippen LogP contribution in [0, 0.1) is 0 Å². The molecule has 5 rings (SSSR count). The summed E-state index contributed by atoms with van der Waals surface area (Å²) in [4.78, 5) is 4.27. The number of rotatable bonds is 1. The molecule has 3 heterocycles. The highest BCUT2D eigenvalue weighted by Gasteiger charge is 2.32. The first kappa shape index (κ1) is 11.1. The molecule has 2 aliphatic heterocycles. The summed E-state index contributed by atoms with van der Waals surface area (Å²) in [6.45, 7) is 2.06. The normalized spacial score (nSPS) is 16.7. The average Bonchev–Trinajstić information content (AvgIpc) is 3.19. The molecule has 0 bridgehead atoms. The standard InChI is InChI=1S/C17H14N4/c1-2-6-13-12(5-1)11-20-10-9-16(17(13)20)21-18-14-7-3-4-8-15(14)19-21/h1-8H,9-11H2. The van der Waals surface area contributed by atoms with Gasteiger partial charge < -0.3 is 4.90 Å². The number of fused-ring (bicyclic) bond motifs is 4. The van der Waals surface area contributed by atoms with Crippen molar-refractivity contribution in [3.63, 3.8) is 0 Å². The van der Waals surface area contributed by atoms with Crippen molar-refractivity contribution in [1.82, 2.24) is 19.9 Å². The Labute approximate surface area is 122 Å². The maximum Gasteiger partial charge on any atom is 0.113 e. The van der Waals surface area contributed by atoms with Gasteiger partial charge in [-0.15, -0.1) is 10.2 Å². The topological polar surface area (TPSA) is 34.0 Å². The summed E-state index contributed by atoms with van der Waals surface area (Å²) < 4.78 is 0. The molecule has 0 saturated heterocycles. The lowest BCUT2D eigenvalue weighted by Gasteiger charge is -2.12. The van der Waals surface area contributed by atoms with Gasteiger partial charge in [-0.05, 0) is 17.7 Å². The van der Waals surface area contributed by atoms with Gasteiger partial charge in [0.2, 0.25) is 0 Å². The summed E-state index contributed by atoms with van der Waals surface area (Å²) in [5.74, 6) is 0. The third-order valence-electron chi connectivity index (χ3n) is 4.37. The number of hydrogen-bond donors (Lipinski definition) is 0. The minimum atomic E-state index is 0.954. The molecule has 0 amide bonds. The van der Waals surface area contributed by atoms with Gasteiger partial charge in [0.25, 0.3) is 0 Å². The molecular formula is C17H14N4. The third kappa shape index (κ3) is 1.50. The largest absolute Gasteiger partial charge is 0.365 e. The van der Waals surface area contributed by atoms with Crippen LogP contribution in [0.2, 0.25) is 0 Å². The monoisotopic (exact) mass is 274 g/mol. The van der Waals surface area contributed by atoms with E-state index in [1.54, 1.807) is 0 Å². The van der Waals surface area contributed by atoms with Crippen LogP contribution in [0.4, 0.5) is 0 Å². The molecule has 0 radical (unpaired) electrons. The molecular weight excluding hydrogens is 260 g/mol. The van der Waals surface area contributed by atoms with Crippen molar-refractivity contribution in [1.29, 1.82) is 0 Å². The van der Waals surface area contributed by atoms with Crippen LogP contribution in [0.25, 0.3) is 22.4 Å². The minimum absolute atomic E-state index is 0.954. The fourth-order valence-electron chi connectivity index (χ4n) is 3.41. The molecule has 0 N–H and O–H groups in total. The quantitative estimate of drug-likeness (QED) is 0.684. The number of benzene rings is 2. The van der Waals surface area contributed by atoms with Gasteiger partial charge in [-0.3, -0.25) is 0 Å². The van der Waals surface area contributed by atoms with E-state index >= 15 is 0 Å². The average molecular weight is 274 g/mol. The van der Waals surface area contributed by atoms with E-state index in [9.17, 15) is 0 Å². The van der Waals surface area contributed by atoms with Gasteiger partial charge in [-0.1, -0.05) is 36.4 Å². The van der Waals surface area contributed by atoms with E-state index in [2.05, 4.69) is 39.4 Å². The van der Waals surface area contributed by atoms with Crippen LogP contribution in [-0.2, 0) is 6.54 Å². The van der Waals surface area contributed by atoms with E-state index in [-0.39, 0.29) is 0 Å². The summed E-state index contributed by atoms with van der Waals surface area (Å²) in [5.41, 5.74) is 7.18. The van der Waals surface area contributed by atoms with Crippen LogP contribution in [0.3, 0.4) is 0 Å². The van der Waals surface area contributed by atoms with Crippen molar-refractivity contribution in [2.45, 2.75) is 13.0 Å². The molecule has 2 aliphatic rings. The van der Waals surface area contributed by atoms with E-state index in [0.717, 1.165) is 30.5 Å². The fourth-order valence-corrected chi connectivity index (χ4v) is 3.41. The van der Waals surface area contributed by atoms with Crippen molar-refractivity contribution in [2.75, 3.05) is 6.54 Å². The van der Waals surface area contributed by atoms with Gasteiger partial charge >= 0.3 is 0 Å². The van der Waals surface area contributed by atoms with Crippen LogP contribution in [0.1, 0.15) is 17.5 Å². The molecule has 102 valence electrons. The van der Waals surface area contributed by atoms with Crippen LogP contribution in [0.15, 0.2) is 48.5 Å². The first-order chi connectivity index (χ1) is 10.4. The van der Waals surface area contributed by atoms with Crippen LogP contribution < -0.4 is 0 Å². The van der Waals surface area contributed by atoms with E-state index in [1.807, 2.05) is 29.1 Å². The molecule has 0 aliphatic carbocycles. The summed E-state index contributed by atoms with van der Waals surface area (Å²) >= 11 is 0. The lowest BCUT2D eigenvalue weighted by atomic mass is 10.1. The Kier molecular flexibility index (Phi) is 2.08. The van der Waals surface area contributed by atoms with E-state index in [4.69, 9.17) is 0 Å². The molecule has 0 atom stereocenters. The molecule has 21 heavy (non-hydrogen) atoms. The number of nitrogens with zero attached hydrogens (tertiary/aromatic N) is 4. The number of hydrogen-bond acceptors (Lipinski definition) is 3. The van der Waals surface area contributed by atoms with Gasteiger partial charge in [0.15, 0.2) is 0 Å². The Balaban J connectivity index is 1.74. The second-order valence-corrected chi connectivity index (χ2v) is 5.60. The first-order valence-corrected chi connectivity index (χ1v) is 7.29. The Morgan fingerprint density at radius 3 is 2.38 bits per heavy atom. The fraction of sp³-hybridized carbons (Fsp3) is 0.176. The number of aromatic nitrogens is 3. The summed E-state index contributed by atoms with van der Waals surface area (Å²) in [7, 11) is 0. The summed E-state index contributed by atoms with van der Waals surface area (Å²) in [5, 5.41) is 9.30. The SMILES string of the molecule is c1ccc2c(c1)CN1CCC(n3nc4ccccc4n3)=C21. The highest BCUT2D eigenvalue weighted by atomic mass is 15.5. The smallest absolute Gasteiger partial charge is 0.113 e. The highest BCUT2D eigenvalue weighted by molar-refractivity contribution is 5.88. The lowest BCUT2D eigenvalue weighted by Crippen LogP contribution is -2.10. The van der Waals surface area contributed by atoms with E-state index in [1.165, 1.54) is 22.5 Å². The van der Waals surface area contributed by atoms with Crippen molar-refractivity contribution >= 4 is 22.4 Å². The van der Waals surface area contributed by atoms with E-state index < -0.39 is 0 Å². The van der Waals surface area contributed by atoms with Crippen molar-refractivity contribution < 1.29 is 0 Å². The van der Waals surface area contributed by atoms with Gasteiger partial charge in [-0.25, -0.2) is 0 Å². The van der Waals surface area contributed by atoms with Gasteiger partial charge in [0, 0.05) is 25.1 Å². The Hall–Kier alpha value is -2.62. The van der Waals surface area contributed by atoms with Crippen molar-refractivity contribution in [2.24, 2.45) is 0 Å². The molecule has 4 heteroatoms. The molecule has 4 nitrogen and oxygen atoms in total. The molecule has 3 aromatic rings. The molecule has 1 aromatic heterocycles. The Bertz CT molecular complexity index is 857.